The topological polar surface area (TPSA) is 161 Å². The van der Waals surface area contributed by atoms with E-state index in [2.05, 4.69) is 20.9 Å². The molecule has 0 unspecified atom stereocenters. The molecule has 4 N–H and O–H groups in total. The van der Waals surface area contributed by atoms with Gasteiger partial charge in [-0.3, -0.25) is 0 Å². The number of likely N-dealkylation sites (N-methyl/N-ethyl adjacent to an activating group) is 1. The molecule has 0 spiro atoms. The molecule has 3 aromatic rings. The number of sulfonamides is 1. The highest BCUT2D eigenvalue weighted by atomic mass is 32.2. The van der Waals surface area contributed by atoms with Crippen LogP contribution in [0.15, 0.2) is 47.4 Å². The minimum absolute atomic E-state index is 0.0408. The average Bonchev–Trinajstić information content (AvgIpc) is 3.67. The number of carbonyl (C=O) groups is 1. The van der Waals surface area contributed by atoms with Crippen molar-refractivity contribution >= 4 is 42.8 Å². The summed E-state index contributed by atoms with van der Waals surface area (Å²) in [6.07, 6.45) is -2.24. The number of carbonyl (C=O) groups excluding carboxylic acids is 1. The van der Waals surface area contributed by atoms with Crippen molar-refractivity contribution in [2.24, 2.45) is 11.8 Å². The van der Waals surface area contributed by atoms with E-state index in [-0.39, 0.29) is 48.3 Å². The second kappa shape index (κ2) is 16.3. The summed E-state index contributed by atoms with van der Waals surface area (Å²) in [4.78, 5) is 18.2. The molecular formula is C34H49N5O8S2. The van der Waals surface area contributed by atoms with Gasteiger partial charge in [0.25, 0.3) is 0 Å². The number of hydrogen-bond acceptors (Lipinski definition) is 12. The Morgan fingerprint density at radius 2 is 1.94 bits per heavy atom. The lowest BCUT2D eigenvalue weighted by Crippen LogP contribution is -2.53. The summed E-state index contributed by atoms with van der Waals surface area (Å²) in [6, 6.07) is 11.4. The number of aromatic nitrogens is 1. The zero-order valence-electron chi connectivity index (χ0n) is 28.9. The van der Waals surface area contributed by atoms with E-state index < -0.39 is 40.7 Å². The third-order valence-electron chi connectivity index (χ3n) is 8.69. The lowest BCUT2D eigenvalue weighted by Gasteiger charge is -2.35. The minimum atomic E-state index is -4.05. The van der Waals surface area contributed by atoms with Crippen molar-refractivity contribution in [1.82, 2.24) is 19.9 Å². The van der Waals surface area contributed by atoms with E-state index in [1.807, 2.05) is 52.9 Å². The van der Waals surface area contributed by atoms with Gasteiger partial charge in [-0.15, -0.1) is 0 Å². The van der Waals surface area contributed by atoms with E-state index in [1.54, 1.807) is 31.4 Å². The number of anilines is 1. The molecule has 0 radical (unpaired) electrons. The maximum absolute atomic E-state index is 14.2. The maximum atomic E-state index is 14.2. The van der Waals surface area contributed by atoms with Crippen molar-refractivity contribution in [1.29, 1.82) is 0 Å². The Balaban J connectivity index is 1.38. The van der Waals surface area contributed by atoms with Crippen molar-refractivity contribution in [2.45, 2.75) is 82.1 Å². The number of amides is 1. The Hall–Kier alpha value is -3.05. The van der Waals surface area contributed by atoms with Gasteiger partial charge in [0, 0.05) is 31.6 Å². The molecule has 2 aliphatic heterocycles. The van der Waals surface area contributed by atoms with Gasteiger partial charge in [-0.25, -0.2) is 18.2 Å². The molecule has 1 amide bonds. The number of rotatable bonds is 15. The Bertz CT molecular complexity index is 1660. The van der Waals surface area contributed by atoms with Gasteiger partial charge in [-0.05, 0) is 69.1 Å². The fourth-order valence-corrected chi connectivity index (χ4v) is 9.08. The smallest absolute Gasteiger partial charge is 0.407 e. The Labute approximate surface area is 292 Å². The first kappa shape index (κ1) is 37.2. The number of benzene rings is 2. The van der Waals surface area contributed by atoms with Crippen LogP contribution in [0.1, 0.15) is 39.7 Å². The number of nitrogens with zero attached hydrogens (tertiary/aromatic N) is 2. The number of methoxy groups -OCH3 is 1. The molecule has 2 saturated heterocycles. The van der Waals surface area contributed by atoms with Crippen LogP contribution >= 0.6 is 11.3 Å². The van der Waals surface area contributed by atoms with Gasteiger partial charge in [-0.1, -0.05) is 37.3 Å². The number of alkyl carbamates (subject to hydrolysis) is 1. The number of nitrogens with one attached hydrogen (secondary N) is 3. The molecule has 15 heteroatoms. The molecule has 49 heavy (non-hydrogen) atoms. The molecule has 0 saturated carbocycles. The first-order chi connectivity index (χ1) is 23.4. The van der Waals surface area contributed by atoms with Crippen LogP contribution in [-0.2, 0) is 30.7 Å². The molecule has 13 nitrogen and oxygen atoms in total. The van der Waals surface area contributed by atoms with E-state index >= 15 is 0 Å². The second-order valence-corrected chi connectivity index (χ2v) is 16.3. The van der Waals surface area contributed by atoms with E-state index in [0.717, 1.165) is 10.3 Å². The van der Waals surface area contributed by atoms with Crippen LogP contribution in [0, 0.1) is 11.8 Å². The molecule has 2 fully saturated rings. The molecule has 6 atom stereocenters. The van der Waals surface area contributed by atoms with Crippen LogP contribution in [0.4, 0.5) is 9.93 Å². The molecule has 270 valence electrons. The lowest BCUT2D eigenvalue weighted by atomic mass is 9.91. The molecule has 0 aliphatic carbocycles. The molecule has 2 aromatic carbocycles. The summed E-state index contributed by atoms with van der Waals surface area (Å²) < 4.78 is 53.2. The van der Waals surface area contributed by atoms with E-state index in [1.165, 1.54) is 15.6 Å². The Kier molecular flexibility index (Phi) is 12.4. The third kappa shape index (κ3) is 9.20. The monoisotopic (exact) mass is 719 g/mol. The number of ether oxygens (including phenoxy) is 4. The molecule has 5 rings (SSSR count). The number of hydrogen-bond donors (Lipinski definition) is 4. The van der Waals surface area contributed by atoms with Crippen molar-refractivity contribution < 1.29 is 37.3 Å². The SMILES string of the molecule is CN[C@H]1CO[C@@H]2OCC[C@H](OC(=O)N[C@@H](Cc3cccc(OC)c3)[C@H](O)CN(CC(C)C)S(=O)(=O)c3ccc4nc(NC(C)C)sc4c3)[C@@H]21. The Morgan fingerprint density at radius 1 is 1.14 bits per heavy atom. The van der Waals surface area contributed by atoms with Crippen LogP contribution < -0.4 is 20.7 Å². The average molecular weight is 720 g/mol. The molecule has 3 heterocycles. The van der Waals surface area contributed by atoms with Crippen LogP contribution in [0.2, 0.25) is 0 Å². The van der Waals surface area contributed by atoms with Gasteiger partial charge in [0.05, 0.1) is 53.5 Å². The fraction of sp³-hybridized carbons (Fsp3) is 0.588. The van der Waals surface area contributed by atoms with Crippen molar-refractivity contribution in [3.8, 4) is 5.75 Å². The largest absolute Gasteiger partial charge is 0.497 e. The number of fused-ring (bicyclic) bond motifs is 2. The Morgan fingerprint density at radius 3 is 2.65 bits per heavy atom. The van der Waals surface area contributed by atoms with E-state index in [4.69, 9.17) is 18.9 Å². The maximum Gasteiger partial charge on any atom is 0.407 e. The molecule has 2 aliphatic rings. The lowest BCUT2D eigenvalue weighted by molar-refractivity contribution is -0.180. The number of thiazole rings is 1. The minimum Gasteiger partial charge on any atom is -0.497 e. The van der Waals surface area contributed by atoms with Crippen molar-refractivity contribution in [3.63, 3.8) is 0 Å². The second-order valence-electron chi connectivity index (χ2n) is 13.3. The van der Waals surface area contributed by atoms with Crippen LogP contribution in [-0.4, -0.2) is 106 Å². The highest BCUT2D eigenvalue weighted by molar-refractivity contribution is 7.89. The standard InChI is InChI=1S/C34H49N5O8S2/c1-20(2)17-39(49(42,43)24-10-11-25-30(16-24)48-33(37-25)36-21(3)4)18-28(40)26(15-22-8-7-9-23(14-22)44-6)38-34(41)47-29-12-13-45-32-31(29)27(35-5)19-46-32/h7-11,14,16,20-21,26-29,31-32,35,40H,12-13,15,17-19H2,1-6H3,(H,36,37)(H,38,41)/t26-,27-,28+,29-,31-,32-/m0/s1. The highest BCUT2D eigenvalue weighted by Gasteiger charge is 2.47. The van der Waals surface area contributed by atoms with Gasteiger partial charge in [0.2, 0.25) is 10.0 Å². The van der Waals surface area contributed by atoms with Crippen LogP contribution in [0.25, 0.3) is 10.2 Å². The third-order valence-corrected chi connectivity index (χ3v) is 11.5. The summed E-state index contributed by atoms with van der Waals surface area (Å²) in [5.41, 5.74) is 1.48. The number of aliphatic hydroxyl groups is 1. The summed E-state index contributed by atoms with van der Waals surface area (Å²) in [7, 11) is -0.658. The van der Waals surface area contributed by atoms with Crippen LogP contribution in [0.3, 0.4) is 0 Å². The summed E-state index contributed by atoms with van der Waals surface area (Å²) in [6.45, 7) is 8.59. The predicted octanol–water partition coefficient (Wildman–Crippen LogP) is 3.82. The van der Waals surface area contributed by atoms with Crippen LogP contribution in [0.5, 0.6) is 5.75 Å². The van der Waals surface area contributed by atoms with Crippen molar-refractivity contribution in [3.05, 3.63) is 48.0 Å². The molecular weight excluding hydrogens is 671 g/mol. The summed E-state index contributed by atoms with van der Waals surface area (Å²) in [5.74, 6) is 0.391. The molecule has 0 bridgehead atoms. The fourth-order valence-electron chi connectivity index (χ4n) is 6.31. The first-order valence-corrected chi connectivity index (χ1v) is 19.0. The van der Waals surface area contributed by atoms with Gasteiger partial charge < -0.3 is 40.0 Å². The predicted molar refractivity (Wildman–Crippen MR) is 189 cm³/mol. The van der Waals surface area contributed by atoms with E-state index in [0.29, 0.717) is 36.0 Å². The highest BCUT2D eigenvalue weighted by Crippen LogP contribution is 2.33. The molecule has 1 aromatic heterocycles. The normalized spacial score (nSPS) is 22.3. The van der Waals surface area contributed by atoms with Gasteiger partial charge in [0.1, 0.15) is 11.9 Å². The number of aliphatic hydroxyl groups excluding tert-OH is 1. The van der Waals surface area contributed by atoms with E-state index in [9.17, 15) is 18.3 Å². The summed E-state index contributed by atoms with van der Waals surface area (Å²) in [5, 5.41) is 21.8. The van der Waals surface area contributed by atoms with Gasteiger partial charge in [-0.2, -0.15) is 4.31 Å². The first-order valence-electron chi connectivity index (χ1n) is 16.7. The zero-order valence-corrected chi connectivity index (χ0v) is 30.6. The van der Waals surface area contributed by atoms with Crippen molar-refractivity contribution in [2.75, 3.05) is 45.8 Å². The zero-order chi connectivity index (χ0) is 35.3. The summed E-state index contributed by atoms with van der Waals surface area (Å²) >= 11 is 1.39. The van der Waals surface area contributed by atoms with Gasteiger partial charge in [0.15, 0.2) is 11.4 Å². The quantitative estimate of drug-likeness (QED) is 0.181. The van der Waals surface area contributed by atoms with Gasteiger partial charge >= 0.3 is 6.09 Å².